The second-order valence-electron chi connectivity index (χ2n) is 3.75. The lowest BCUT2D eigenvalue weighted by Crippen LogP contribution is -2.19. The number of methoxy groups -OCH3 is 1. The molecular formula is C10H17N3O3S. The van der Waals surface area contributed by atoms with Crippen LogP contribution in [0.1, 0.15) is 11.4 Å². The molecule has 7 heteroatoms. The molecule has 1 aromatic rings. The van der Waals surface area contributed by atoms with Crippen LogP contribution in [0.15, 0.2) is 12.4 Å². The smallest absolute Gasteiger partial charge is 0.154 e. The quantitative estimate of drug-likeness (QED) is 0.680. The third-order valence-electron chi connectivity index (χ3n) is 1.96. The second-order valence-corrected chi connectivity index (χ2v) is 5.89. The van der Waals surface area contributed by atoms with Crippen LogP contribution in [0.2, 0.25) is 0 Å². The minimum absolute atomic E-state index is 0.121. The number of aromatic nitrogens is 2. The molecule has 6 nitrogen and oxygen atoms in total. The van der Waals surface area contributed by atoms with Crippen molar-refractivity contribution in [1.29, 1.82) is 0 Å². The number of hydrogen-bond acceptors (Lipinski definition) is 6. The van der Waals surface area contributed by atoms with Gasteiger partial charge in [-0.1, -0.05) is 0 Å². The highest BCUT2D eigenvalue weighted by Crippen LogP contribution is 1.99. The summed E-state index contributed by atoms with van der Waals surface area (Å²) >= 11 is 0. The summed E-state index contributed by atoms with van der Waals surface area (Å²) in [6, 6.07) is 0. The monoisotopic (exact) mass is 259 g/mol. The molecule has 1 heterocycles. The second kappa shape index (κ2) is 6.63. The van der Waals surface area contributed by atoms with Crippen molar-refractivity contribution in [3.8, 4) is 0 Å². The Morgan fingerprint density at radius 3 is 2.53 bits per heavy atom. The van der Waals surface area contributed by atoms with Gasteiger partial charge < -0.3 is 10.1 Å². The van der Waals surface area contributed by atoms with E-state index in [1.54, 1.807) is 19.5 Å². The van der Waals surface area contributed by atoms with E-state index in [1.165, 1.54) is 0 Å². The molecule has 0 bridgehead atoms. The zero-order valence-electron chi connectivity index (χ0n) is 10.0. The molecule has 0 aliphatic carbocycles. The molecule has 0 spiro atoms. The Morgan fingerprint density at radius 1 is 1.35 bits per heavy atom. The molecule has 0 unspecified atom stereocenters. The van der Waals surface area contributed by atoms with Crippen molar-refractivity contribution in [2.24, 2.45) is 0 Å². The number of nitrogens with one attached hydrogen (secondary N) is 1. The minimum atomic E-state index is -3.07. The van der Waals surface area contributed by atoms with E-state index in [-0.39, 0.29) is 5.75 Å². The van der Waals surface area contributed by atoms with Crippen molar-refractivity contribution in [2.45, 2.75) is 12.3 Å². The van der Waals surface area contributed by atoms with Crippen molar-refractivity contribution in [3.05, 3.63) is 23.8 Å². The molecule has 1 N–H and O–H groups in total. The third kappa shape index (κ3) is 6.30. The molecule has 0 radical (unpaired) electrons. The zero-order valence-corrected chi connectivity index (χ0v) is 10.8. The molecule has 1 rings (SSSR count). The summed E-state index contributed by atoms with van der Waals surface area (Å²) in [7, 11) is -1.43. The number of hydrogen-bond donors (Lipinski definition) is 1. The lowest BCUT2D eigenvalue weighted by molar-refractivity contribution is 0.199. The van der Waals surface area contributed by atoms with Crippen molar-refractivity contribution in [3.63, 3.8) is 0 Å². The molecule has 0 aromatic carbocycles. The van der Waals surface area contributed by atoms with Gasteiger partial charge in [0.15, 0.2) is 9.84 Å². The summed E-state index contributed by atoms with van der Waals surface area (Å²) in [5.74, 6) is 0.206. The molecular weight excluding hydrogens is 242 g/mol. The lowest BCUT2D eigenvalue weighted by Gasteiger charge is -2.04. The molecule has 0 aliphatic rings. The van der Waals surface area contributed by atoms with E-state index < -0.39 is 9.84 Å². The fraction of sp³-hybridized carbons (Fsp3) is 0.600. The highest BCUT2D eigenvalue weighted by atomic mass is 32.2. The first kappa shape index (κ1) is 14.0. The van der Waals surface area contributed by atoms with Crippen LogP contribution < -0.4 is 5.32 Å². The van der Waals surface area contributed by atoms with E-state index in [0.29, 0.717) is 19.0 Å². The van der Waals surface area contributed by atoms with Crippen LogP contribution in [0.25, 0.3) is 0 Å². The third-order valence-corrected chi connectivity index (χ3v) is 2.74. The minimum Gasteiger partial charge on any atom is -0.383 e. The van der Waals surface area contributed by atoms with Crippen LogP contribution in [0.4, 0.5) is 0 Å². The average Bonchev–Trinajstić information content (AvgIpc) is 2.25. The first-order valence-corrected chi connectivity index (χ1v) is 7.24. The Balaban J connectivity index is 2.45. The summed E-state index contributed by atoms with van der Waals surface area (Å²) in [4.78, 5) is 8.00. The first-order valence-electron chi connectivity index (χ1n) is 5.18. The Bertz CT molecular complexity index is 431. The van der Waals surface area contributed by atoms with Gasteiger partial charge in [0.1, 0.15) is 11.6 Å². The first-order chi connectivity index (χ1) is 8.01. The molecule has 96 valence electrons. The largest absolute Gasteiger partial charge is 0.383 e. The molecule has 0 amide bonds. The van der Waals surface area contributed by atoms with Gasteiger partial charge in [0.05, 0.1) is 6.61 Å². The number of sulfone groups is 1. The Hall–Kier alpha value is -1.05. The van der Waals surface area contributed by atoms with Crippen molar-refractivity contribution in [1.82, 2.24) is 15.3 Å². The van der Waals surface area contributed by atoms with E-state index in [2.05, 4.69) is 15.3 Å². The van der Waals surface area contributed by atoms with Crippen molar-refractivity contribution >= 4 is 9.84 Å². The van der Waals surface area contributed by atoms with Gasteiger partial charge in [-0.2, -0.15) is 0 Å². The van der Waals surface area contributed by atoms with Crippen molar-refractivity contribution in [2.75, 3.05) is 26.5 Å². The Kier molecular flexibility index (Phi) is 5.46. The van der Waals surface area contributed by atoms with Crippen LogP contribution in [0.5, 0.6) is 0 Å². The fourth-order valence-corrected chi connectivity index (χ4v) is 1.81. The van der Waals surface area contributed by atoms with Crippen LogP contribution in [0, 0.1) is 0 Å². The maximum absolute atomic E-state index is 11.0. The topological polar surface area (TPSA) is 81.2 Å². The van der Waals surface area contributed by atoms with Gasteiger partial charge in [0, 0.05) is 44.4 Å². The maximum Gasteiger partial charge on any atom is 0.154 e. The van der Waals surface area contributed by atoms with Crippen LogP contribution in [0.3, 0.4) is 0 Å². The molecule has 0 atom stereocenters. The van der Waals surface area contributed by atoms with Crippen LogP contribution >= 0.6 is 0 Å². The molecule has 0 saturated heterocycles. The van der Waals surface area contributed by atoms with Gasteiger partial charge in [0.25, 0.3) is 0 Å². The Morgan fingerprint density at radius 2 is 2.00 bits per heavy atom. The van der Waals surface area contributed by atoms with E-state index in [1.807, 2.05) is 0 Å². The maximum atomic E-state index is 11.0. The molecule has 0 aliphatic heterocycles. The van der Waals surface area contributed by atoms with Gasteiger partial charge >= 0.3 is 0 Å². The van der Waals surface area contributed by atoms with E-state index >= 15 is 0 Å². The average molecular weight is 259 g/mol. The van der Waals surface area contributed by atoms with Crippen LogP contribution in [-0.2, 0) is 26.9 Å². The predicted octanol–water partition coefficient (Wildman–Crippen LogP) is -0.243. The fourth-order valence-electron chi connectivity index (χ4n) is 1.19. The van der Waals surface area contributed by atoms with Gasteiger partial charge in [-0.05, 0) is 0 Å². The summed E-state index contributed by atoms with van der Waals surface area (Å²) in [5.41, 5.74) is 0.915. The van der Waals surface area contributed by atoms with Gasteiger partial charge in [-0.3, -0.25) is 0 Å². The van der Waals surface area contributed by atoms with Gasteiger partial charge in [-0.15, -0.1) is 0 Å². The number of ether oxygens (including phenoxy) is 1. The SMILES string of the molecule is COCCNCc1cnc(CS(C)(=O)=O)nc1. The van der Waals surface area contributed by atoms with E-state index in [0.717, 1.165) is 18.4 Å². The molecule has 0 fully saturated rings. The zero-order chi connectivity index (χ0) is 12.7. The highest BCUT2D eigenvalue weighted by molar-refractivity contribution is 7.89. The van der Waals surface area contributed by atoms with Gasteiger partial charge in [0.2, 0.25) is 0 Å². The summed E-state index contributed by atoms with van der Waals surface area (Å²) in [6.45, 7) is 2.04. The molecule has 17 heavy (non-hydrogen) atoms. The van der Waals surface area contributed by atoms with Gasteiger partial charge in [-0.25, -0.2) is 18.4 Å². The molecule has 1 aromatic heterocycles. The van der Waals surface area contributed by atoms with E-state index in [9.17, 15) is 8.42 Å². The lowest BCUT2D eigenvalue weighted by atomic mass is 10.3. The number of nitrogens with zero attached hydrogens (tertiary/aromatic N) is 2. The summed E-state index contributed by atoms with van der Waals surface area (Å²) < 4.78 is 26.9. The normalized spacial score (nSPS) is 11.6. The standard InChI is InChI=1S/C10H17N3O3S/c1-16-4-3-11-5-9-6-12-10(13-7-9)8-17(2,14)15/h6-7,11H,3-5,8H2,1-2H3. The number of rotatable bonds is 7. The summed E-state index contributed by atoms with van der Waals surface area (Å²) in [6.07, 6.45) is 4.43. The molecule has 0 saturated carbocycles. The summed E-state index contributed by atoms with van der Waals surface area (Å²) in [5, 5.41) is 3.15. The van der Waals surface area contributed by atoms with Crippen LogP contribution in [-0.4, -0.2) is 44.9 Å². The van der Waals surface area contributed by atoms with E-state index in [4.69, 9.17) is 4.74 Å². The Labute approximate surface area is 101 Å². The highest BCUT2D eigenvalue weighted by Gasteiger charge is 2.06. The van der Waals surface area contributed by atoms with Crippen molar-refractivity contribution < 1.29 is 13.2 Å². The predicted molar refractivity (Wildman–Crippen MR) is 64.2 cm³/mol.